The Morgan fingerprint density at radius 3 is 2.61 bits per heavy atom. The molecule has 3 aromatic heterocycles. The van der Waals surface area contributed by atoms with Gasteiger partial charge in [0.1, 0.15) is 11.3 Å². The number of hydrogen-bond donors (Lipinski definition) is 2. The smallest absolute Gasteiger partial charge is 0.233 e. The van der Waals surface area contributed by atoms with E-state index >= 15 is 4.39 Å². The zero-order chi connectivity index (χ0) is 32.4. The molecule has 2 aromatic carbocycles. The van der Waals surface area contributed by atoms with Crippen LogP contribution in [0.25, 0.3) is 22.2 Å². The van der Waals surface area contributed by atoms with Crippen LogP contribution in [0.1, 0.15) is 6.92 Å². The van der Waals surface area contributed by atoms with E-state index in [0.717, 1.165) is 5.56 Å². The molecule has 0 radical (unpaired) electrons. The molecule has 0 amide bonds. The lowest BCUT2D eigenvalue weighted by atomic mass is 10.0. The highest BCUT2D eigenvalue weighted by atomic mass is 79.9. The van der Waals surface area contributed by atoms with Crippen LogP contribution >= 0.6 is 23.3 Å². The molecule has 6 rings (SSSR count). The summed E-state index contributed by atoms with van der Waals surface area (Å²) in [5.74, 6) is -0.00365. The minimum absolute atomic E-state index is 0.00851. The molecule has 13 nitrogen and oxygen atoms in total. The number of aromatic nitrogens is 6. The number of methoxy groups -OCH3 is 1. The third-order valence-corrected chi connectivity index (χ3v) is 9.98. The predicted molar refractivity (Wildman–Crippen MR) is 179 cm³/mol. The average molecular weight is 713 g/mol. The first-order valence-electron chi connectivity index (χ1n) is 14.4. The summed E-state index contributed by atoms with van der Waals surface area (Å²) < 4.78 is 49.1. The first-order valence-corrected chi connectivity index (χ1v) is 17.3. The van der Waals surface area contributed by atoms with Gasteiger partial charge in [0, 0.05) is 62.7 Å². The van der Waals surface area contributed by atoms with Crippen LogP contribution in [0.4, 0.5) is 33.2 Å². The minimum Gasteiger partial charge on any atom is -0.492 e. The van der Waals surface area contributed by atoms with Gasteiger partial charge >= 0.3 is 0 Å². The largest absolute Gasteiger partial charge is 0.492 e. The van der Waals surface area contributed by atoms with Crippen LogP contribution in [0.3, 0.4) is 0 Å². The first kappa shape index (κ1) is 31.8. The molecule has 0 aliphatic carbocycles. The zero-order valence-electron chi connectivity index (χ0n) is 25.6. The number of rotatable bonds is 10. The molecule has 1 fully saturated rings. The molecule has 0 saturated carbocycles. The van der Waals surface area contributed by atoms with Crippen molar-refractivity contribution in [3.05, 3.63) is 59.5 Å². The molecule has 0 spiro atoms. The fourth-order valence-electron chi connectivity index (χ4n) is 5.40. The van der Waals surface area contributed by atoms with Crippen LogP contribution in [0.2, 0.25) is 0 Å². The molecule has 1 aliphatic heterocycles. The summed E-state index contributed by atoms with van der Waals surface area (Å²) in [5.41, 5.74) is 3.60. The quantitative estimate of drug-likeness (QED) is 0.174. The lowest BCUT2D eigenvalue weighted by molar-refractivity contribution is 0.122. The van der Waals surface area contributed by atoms with Crippen molar-refractivity contribution in [2.24, 2.45) is 7.05 Å². The molecule has 5 aromatic rings. The van der Waals surface area contributed by atoms with E-state index in [1.54, 1.807) is 68.3 Å². The Bertz CT molecular complexity index is 1950. The van der Waals surface area contributed by atoms with E-state index in [1.807, 2.05) is 11.1 Å². The van der Waals surface area contributed by atoms with Gasteiger partial charge in [-0.05, 0) is 41.1 Å². The van der Waals surface area contributed by atoms with Crippen LogP contribution in [-0.4, -0.2) is 76.4 Å². The summed E-state index contributed by atoms with van der Waals surface area (Å²) in [7, 11) is -0.109. The van der Waals surface area contributed by atoms with Crippen molar-refractivity contribution < 1.29 is 23.0 Å². The van der Waals surface area contributed by atoms with Crippen molar-refractivity contribution in [2.45, 2.75) is 6.92 Å². The number of aryl methyl sites for hydroxylation is 1. The molecule has 4 heterocycles. The third-order valence-electron chi connectivity index (χ3n) is 7.38. The molecule has 1 atom stereocenters. The van der Waals surface area contributed by atoms with Gasteiger partial charge in [0.25, 0.3) is 0 Å². The number of ether oxygens (including phenoxy) is 2. The molecule has 1 unspecified atom stereocenters. The number of morpholine rings is 1. The number of benzene rings is 2. The molecule has 240 valence electrons. The summed E-state index contributed by atoms with van der Waals surface area (Å²) in [6.45, 7) is 5.61. The Labute approximate surface area is 273 Å². The van der Waals surface area contributed by atoms with Gasteiger partial charge < -0.3 is 29.5 Å². The Morgan fingerprint density at radius 2 is 1.89 bits per heavy atom. The average Bonchev–Trinajstić information content (AvgIpc) is 3.48. The fraction of sp³-hybridized carbons (Fsp3) is 0.300. The summed E-state index contributed by atoms with van der Waals surface area (Å²) in [5, 5.41) is 11.1. The molecule has 1 saturated heterocycles. The van der Waals surface area contributed by atoms with E-state index in [0.29, 0.717) is 75.6 Å². The van der Waals surface area contributed by atoms with Crippen LogP contribution in [0.15, 0.2) is 53.7 Å². The third kappa shape index (κ3) is 6.27. The van der Waals surface area contributed by atoms with E-state index in [-0.39, 0.29) is 18.3 Å². The molecule has 2 N–H and O–H groups in total. The van der Waals surface area contributed by atoms with Gasteiger partial charge in [-0.3, -0.25) is 19.2 Å². The maximum atomic E-state index is 16.4. The van der Waals surface area contributed by atoms with E-state index in [9.17, 15) is 4.57 Å². The monoisotopic (exact) mass is 711 g/mol. The first-order chi connectivity index (χ1) is 22.2. The molecular formula is C30H32BrFN9O4P. The summed E-state index contributed by atoms with van der Waals surface area (Å²) >= 11 is 3.51. The van der Waals surface area contributed by atoms with E-state index in [1.165, 1.54) is 7.11 Å². The fourth-order valence-corrected chi connectivity index (χ4v) is 7.44. The highest BCUT2D eigenvalue weighted by Gasteiger charge is 2.29. The van der Waals surface area contributed by atoms with Gasteiger partial charge in [-0.15, -0.1) is 0 Å². The minimum atomic E-state index is -3.33. The van der Waals surface area contributed by atoms with Crippen molar-refractivity contribution in [1.82, 2.24) is 29.7 Å². The Kier molecular flexibility index (Phi) is 9.18. The standard InChI is InChI=1S/C30H32BrFN9O4P/c1-5-45-46(4,42)28-22(7-6-21-25(28)34-9-8-33-21)37-29-20(31)16-35-30(39-29)38-23-14-19(18-15-36-40(2)17-18)26(24(32)27(23)43-3)41-10-12-44-13-11-41/h6-9,14-17H,5,10-13H2,1-4H3,(H2,35,37,38,39). The van der Waals surface area contributed by atoms with Crippen molar-refractivity contribution in [1.29, 1.82) is 0 Å². The van der Waals surface area contributed by atoms with E-state index < -0.39 is 13.2 Å². The molecule has 16 heteroatoms. The second-order valence-corrected chi connectivity index (χ2v) is 13.7. The van der Waals surface area contributed by atoms with Crippen molar-refractivity contribution >= 4 is 68.5 Å². The van der Waals surface area contributed by atoms with Gasteiger partial charge in [0.15, 0.2) is 11.6 Å². The van der Waals surface area contributed by atoms with Crippen LogP contribution in [0, 0.1) is 5.82 Å². The van der Waals surface area contributed by atoms with Crippen molar-refractivity contribution in [3.63, 3.8) is 0 Å². The number of anilines is 5. The summed E-state index contributed by atoms with van der Waals surface area (Å²) in [6, 6.07) is 5.34. The number of hydrogen-bond acceptors (Lipinski definition) is 12. The lowest BCUT2D eigenvalue weighted by Gasteiger charge is -2.31. The van der Waals surface area contributed by atoms with Gasteiger partial charge in [0.2, 0.25) is 13.3 Å². The lowest BCUT2D eigenvalue weighted by Crippen LogP contribution is -2.37. The second-order valence-electron chi connectivity index (χ2n) is 10.5. The molecular weight excluding hydrogens is 680 g/mol. The Hall–Kier alpha value is -4.17. The number of halogens is 2. The second kappa shape index (κ2) is 13.3. The van der Waals surface area contributed by atoms with Crippen molar-refractivity contribution in [3.8, 4) is 16.9 Å². The Morgan fingerprint density at radius 1 is 1.11 bits per heavy atom. The highest BCUT2D eigenvalue weighted by molar-refractivity contribution is 9.10. The van der Waals surface area contributed by atoms with Gasteiger partial charge in [0.05, 0.1) is 65.5 Å². The SMILES string of the molecule is CCOP(C)(=O)c1c(Nc2nc(Nc3cc(-c4cnn(C)c4)c(N4CCOCC4)c(F)c3OC)ncc2Br)ccc2nccnc12. The highest BCUT2D eigenvalue weighted by Crippen LogP contribution is 2.46. The van der Waals surface area contributed by atoms with Crippen LogP contribution in [-0.2, 0) is 20.9 Å². The molecule has 1 aliphatic rings. The zero-order valence-corrected chi connectivity index (χ0v) is 28.1. The van der Waals surface area contributed by atoms with Crippen LogP contribution < -0.4 is 25.6 Å². The van der Waals surface area contributed by atoms with E-state index in [4.69, 9.17) is 14.0 Å². The maximum Gasteiger partial charge on any atom is 0.233 e. The number of fused-ring (bicyclic) bond motifs is 1. The Balaban J connectivity index is 1.41. The summed E-state index contributed by atoms with van der Waals surface area (Å²) in [6.07, 6.45) is 8.18. The number of nitrogens with one attached hydrogen (secondary N) is 2. The van der Waals surface area contributed by atoms with Crippen molar-refractivity contribution in [2.75, 3.05) is 62.2 Å². The van der Waals surface area contributed by atoms with E-state index in [2.05, 4.69) is 51.6 Å². The summed E-state index contributed by atoms with van der Waals surface area (Å²) in [4.78, 5) is 19.9. The van der Waals surface area contributed by atoms with Crippen LogP contribution in [0.5, 0.6) is 5.75 Å². The topological polar surface area (TPSA) is 141 Å². The normalized spacial score (nSPS) is 14.7. The van der Waals surface area contributed by atoms with Gasteiger partial charge in [-0.2, -0.15) is 10.1 Å². The predicted octanol–water partition coefficient (Wildman–Crippen LogP) is 5.62. The molecule has 0 bridgehead atoms. The number of nitrogens with zero attached hydrogens (tertiary/aromatic N) is 7. The van der Waals surface area contributed by atoms with Gasteiger partial charge in [-0.25, -0.2) is 9.37 Å². The molecule has 46 heavy (non-hydrogen) atoms. The maximum absolute atomic E-state index is 16.4. The van der Waals surface area contributed by atoms with Gasteiger partial charge in [-0.1, -0.05) is 0 Å².